The number of anilines is 1. The Morgan fingerprint density at radius 1 is 1.22 bits per heavy atom. The molecule has 0 atom stereocenters. The van der Waals surface area contributed by atoms with E-state index in [9.17, 15) is 9.59 Å². The van der Waals surface area contributed by atoms with Crippen LogP contribution in [0.25, 0.3) is 0 Å². The van der Waals surface area contributed by atoms with Crippen molar-refractivity contribution in [2.24, 2.45) is 0 Å². The minimum Gasteiger partial charge on any atom is -0.482 e. The van der Waals surface area contributed by atoms with Gasteiger partial charge in [0.2, 0.25) is 0 Å². The highest BCUT2D eigenvalue weighted by molar-refractivity contribution is 9.10. The molecule has 1 amide bonds. The molecule has 0 unspecified atom stereocenters. The number of ether oxygens (including phenoxy) is 2. The average Bonchev–Trinajstić information content (AvgIpc) is 2.53. The third kappa shape index (κ3) is 4.97. The van der Waals surface area contributed by atoms with Gasteiger partial charge in [-0.15, -0.1) is 0 Å². The second kappa shape index (κ2) is 7.99. The summed E-state index contributed by atoms with van der Waals surface area (Å²) in [5.41, 5.74) is 0.825. The molecule has 7 heteroatoms. The number of benzene rings is 2. The van der Waals surface area contributed by atoms with Crippen molar-refractivity contribution in [3.8, 4) is 5.75 Å². The van der Waals surface area contributed by atoms with Gasteiger partial charge in [0.05, 0.1) is 17.7 Å². The number of carbonyl (C=O) groups is 2. The van der Waals surface area contributed by atoms with Crippen molar-refractivity contribution in [3.63, 3.8) is 0 Å². The zero-order valence-electron chi connectivity index (χ0n) is 12.1. The number of hydrogen-bond acceptors (Lipinski definition) is 4. The molecule has 0 aliphatic carbocycles. The first kappa shape index (κ1) is 17.3. The van der Waals surface area contributed by atoms with E-state index in [0.717, 1.165) is 4.47 Å². The summed E-state index contributed by atoms with van der Waals surface area (Å²) in [5.74, 6) is -0.432. The van der Waals surface area contributed by atoms with Crippen LogP contribution in [0, 0.1) is 0 Å². The van der Waals surface area contributed by atoms with Crippen molar-refractivity contribution in [1.29, 1.82) is 0 Å². The molecule has 0 radical (unpaired) electrons. The van der Waals surface area contributed by atoms with Crippen molar-refractivity contribution in [1.82, 2.24) is 0 Å². The van der Waals surface area contributed by atoms with E-state index in [1.807, 2.05) is 0 Å². The van der Waals surface area contributed by atoms with Gasteiger partial charge >= 0.3 is 5.97 Å². The Kier molecular flexibility index (Phi) is 6.01. The first-order chi connectivity index (χ1) is 11.0. The lowest BCUT2D eigenvalue weighted by Crippen LogP contribution is -2.20. The molecule has 0 fully saturated rings. The van der Waals surface area contributed by atoms with Gasteiger partial charge in [0.25, 0.3) is 5.91 Å². The van der Waals surface area contributed by atoms with E-state index in [2.05, 4.69) is 26.0 Å². The molecule has 2 aromatic rings. The van der Waals surface area contributed by atoms with Gasteiger partial charge < -0.3 is 14.8 Å². The summed E-state index contributed by atoms with van der Waals surface area (Å²) in [6, 6.07) is 11.5. The number of amides is 1. The molecule has 23 heavy (non-hydrogen) atoms. The van der Waals surface area contributed by atoms with Crippen LogP contribution in [-0.4, -0.2) is 25.6 Å². The van der Waals surface area contributed by atoms with E-state index in [0.29, 0.717) is 22.0 Å². The maximum atomic E-state index is 11.9. The van der Waals surface area contributed by atoms with E-state index in [1.165, 1.54) is 13.2 Å². The molecule has 0 aliphatic rings. The van der Waals surface area contributed by atoms with Gasteiger partial charge in [-0.05, 0) is 36.4 Å². The monoisotopic (exact) mass is 397 g/mol. The molecule has 2 rings (SSSR count). The number of rotatable bonds is 5. The number of carbonyl (C=O) groups excluding carboxylic acids is 2. The van der Waals surface area contributed by atoms with Gasteiger partial charge in [-0.2, -0.15) is 0 Å². The summed E-state index contributed by atoms with van der Waals surface area (Å²) in [6.07, 6.45) is 0. The van der Waals surface area contributed by atoms with E-state index in [1.54, 1.807) is 36.4 Å². The Bertz CT molecular complexity index is 736. The first-order valence-electron chi connectivity index (χ1n) is 6.55. The quantitative estimate of drug-likeness (QED) is 0.776. The number of hydrogen-bond donors (Lipinski definition) is 1. The fourth-order valence-corrected chi connectivity index (χ4v) is 2.50. The third-order valence-electron chi connectivity index (χ3n) is 2.82. The molecular weight excluding hydrogens is 386 g/mol. The lowest BCUT2D eigenvalue weighted by molar-refractivity contribution is -0.118. The van der Waals surface area contributed by atoms with Crippen LogP contribution in [-0.2, 0) is 9.53 Å². The normalized spacial score (nSPS) is 10.0. The summed E-state index contributed by atoms with van der Waals surface area (Å²) < 4.78 is 10.8. The second-order valence-corrected chi connectivity index (χ2v) is 5.81. The number of nitrogens with one attached hydrogen (secondary N) is 1. The number of methoxy groups -OCH3 is 1. The molecule has 0 heterocycles. The Hall–Kier alpha value is -2.05. The lowest BCUT2D eigenvalue weighted by Gasteiger charge is -2.09. The molecular formula is C16H13BrClNO4. The minimum atomic E-state index is -0.473. The van der Waals surface area contributed by atoms with Gasteiger partial charge in [0.15, 0.2) is 6.61 Å². The van der Waals surface area contributed by atoms with Crippen molar-refractivity contribution < 1.29 is 19.1 Å². The Labute approximate surface area is 146 Å². The van der Waals surface area contributed by atoms with Crippen molar-refractivity contribution in [3.05, 3.63) is 57.5 Å². The molecule has 1 N–H and O–H groups in total. The van der Waals surface area contributed by atoms with Crippen molar-refractivity contribution >= 4 is 45.1 Å². The highest BCUT2D eigenvalue weighted by Gasteiger charge is 2.09. The van der Waals surface area contributed by atoms with Crippen LogP contribution in [0.3, 0.4) is 0 Å². The van der Waals surface area contributed by atoms with Crippen molar-refractivity contribution in [2.75, 3.05) is 19.0 Å². The Balaban J connectivity index is 1.96. The summed E-state index contributed by atoms with van der Waals surface area (Å²) in [7, 11) is 1.30. The second-order valence-electron chi connectivity index (χ2n) is 4.48. The molecule has 0 spiro atoms. The van der Waals surface area contributed by atoms with Crippen LogP contribution in [0.4, 0.5) is 5.69 Å². The molecule has 2 aromatic carbocycles. The molecule has 0 saturated carbocycles. The van der Waals surface area contributed by atoms with Crippen LogP contribution in [0.5, 0.6) is 5.75 Å². The number of halogens is 2. The van der Waals surface area contributed by atoms with E-state index >= 15 is 0 Å². The zero-order chi connectivity index (χ0) is 16.8. The summed E-state index contributed by atoms with van der Waals surface area (Å²) in [5, 5.41) is 3.04. The first-order valence-corrected chi connectivity index (χ1v) is 7.73. The minimum absolute atomic E-state index is 0.205. The van der Waals surface area contributed by atoms with E-state index < -0.39 is 5.97 Å². The fraction of sp³-hybridized carbons (Fsp3) is 0.125. The number of esters is 1. The topological polar surface area (TPSA) is 64.6 Å². The van der Waals surface area contributed by atoms with E-state index in [-0.39, 0.29) is 12.5 Å². The van der Waals surface area contributed by atoms with Crippen LogP contribution < -0.4 is 10.1 Å². The van der Waals surface area contributed by atoms with Crippen LogP contribution in [0.15, 0.2) is 46.9 Å². The van der Waals surface area contributed by atoms with Crippen molar-refractivity contribution in [2.45, 2.75) is 0 Å². The Morgan fingerprint density at radius 2 is 2.00 bits per heavy atom. The standard InChI is InChI=1S/C16H13BrClNO4/c1-22-16(21)10-3-2-4-12(7-10)19-15(20)9-23-14-6-5-11(17)8-13(14)18/h2-8H,9H2,1H3,(H,19,20). The van der Waals surface area contributed by atoms with Crippen LogP contribution in [0.1, 0.15) is 10.4 Å². The van der Waals surface area contributed by atoms with Gasteiger partial charge in [-0.1, -0.05) is 33.6 Å². The zero-order valence-corrected chi connectivity index (χ0v) is 14.5. The van der Waals surface area contributed by atoms with Gasteiger partial charge in [-0.25, -0.2) is 4.79 Å². The predicted octanol–water partition coefficient (Wildman–Crippen LogP) is 3.91. The van der Waals surface area contributed by atoms with Gasteiger partial charge in [0, 0.05) is 10.2 Å². The molecule has 0 aliphatic heterocycles. The molecule has 5 nitrogen and oxygen atoms in total. The van der Waals surface area contributed by atoms with Gasteiger partial charge in [-0.3, -0.25) is 4.79 Å². The largest absolute Gasteiger partial charge is 0.482 e. The maximum absolute atomic E-state index is 11.9. The molecule has 120 valence electrons. The summed E-state index contributed by atoms with van der Waals surface area (Å²) in [6.45, 7) is -0.205. The highest BCUT2D eigenvalue weighted by atomic mass is 79.9. The smallest absolute Gasteiger partial charge is 0.337 e. The van der Waals surface area contributed by atoms with Crippen LogP contribution >= 0.6 is 27.5 Å². The molecule has 0 bridgehead atoms. The molecule has 0 aromatic heterocycles. The molecule has 0 saturated heterocycles. The third-order valence-corrected chi connectivity index (χ3v) is 3.61. The lowest BCUT2D eigenvalue weighted by atomic mass is 10.2. The summed E-state index contributed by atoms with van der Waals surface area (Å²) in [4.78, 5) is 23.4. The van der Waals surface area contributed by atoms with E-state index in [4.69, 9.17) is 16.3 Å². The van der Waals surface area contributed by atoms with Crippen LogP contribution in [0.2, 0.25) is 5.02 Å². The van der Waals surface area contributed by atoms with Gasteiger partial charge in [0.1, 0.15) is 5.75 Å². The summed E-state index contributed by atoms with van der Waals surface area (Å²) >= 11 is 9.29. The maximum Gasteiger partial charge on any atom is 0.337 e. The Morgan fingerprint density at radius 3 is 2.70 bits per heavy atom. The highest BCUT2D eigenvalue weighted by Crippen LogP contribution is 2.27. The SMILES string of the molecule is COC(=O)c1cccc(NC(=O)COc2ccc(Br)cc2Cl)c1. The fourth-order valence-electron chi connectivity index (χ4n) is 1.77. The predicted molar refractivity (Wildman–Crippen MR) is 91.1 cm³/mol. The average molecular weight is 399 g/mol.